The minimum atomic E-state index is -0.409. The van der Waals surface area contributed by atoms with Crippen molar-refractivity contribution in [3.63, 3.8) is 0 Å². The molecule has 6 aromatic carbocycles. The molecule has 0 unspecified atom stereocenters. The van der Waals surface area contributed by atoms with Crippen molar-refractivity contribution in [1.82, 2.24) is 0 Å². The molecule has 0 saturated heterocycles. The third-order valence-electron chi connectivity index (χ3n) is 5.86. The van der Waals surface area contributed by atoms with E-state index in [1.807, 2.05) is 0 Å². The number of benzene rings is 4. The van der Waals surface area contributed by atoms with Gasteiger partial charge in [0.2, 0.25) is 0 Å². The van der Waals surface area contributed by atoms with Gasteiger partial charge in [0.25, 0.3) is 0 Å². The second-order valence-corrected chi connectivity index (χ2v) is 12.7. The number of hydrogen-bond acceptors (Lipinski definition) is 0. The topological polar surface area (TPSA) is 0 Å². The van der Waals surface area contributed by atoms with E-state index in [9.17, 15) is 0 Å². The van der Waals surface area contributed by atoms with Crippen LogP contribution in [0.4, 0.5) is 0 Å². The Balaban J connectivity index is 0.000000364. The molecule has 6 heteroatoms. The summed E-state index contributed by atoms with van der Waals surface area (Å²) in [5.41, 5.74) is 0. The molecule has 6 aromatic rings. The van der Waals surface area contributed by atoms with Crippen molar-refractivity contribution in [2.75, 3.05) is 0 Å². The smallest absolute Gasteiger partial charge is 1.00 e. The zero-order chi connectivity index (χ0) is 24.4. The van der Waals surface area contributed by atoms with E-state index in [4.69, 9.17) is 0 Å². The van der Waals surface area contributed by atoms with Crippen molar-refractivity contribution in [3.8, 4) is 0 Å². The summed E-state index contributed by atoms with van der Waals surface area (Å²) in [5.74, 6) is 0. The van der Waals surface area contributed by atoms with Crippen molar-refractivity contribution in [3.05, 3.63) is 170 Å². The molecule has 0 amide bonds. The molecule has 6 rings (SSSR count). The Morgan fingerprint density at radius 1 is 0.425 bits per heavy atom. The first-order valence-corrected chi connectivity index (χ1v) is 14.8. The predicted molar refractivity (Wildman–Crippen MR) is 161 cm³/mol. The summed E-state index contributed by atoms with van der Waals surface area (Å²) >= 11 is 0. The number of rotatable bonds is 6. The molecule has 0 fully saturated rings. The van der Waals surface area contributed by atoms with E-state index in [1.54, 1.807) is 0 Å². The summed E-state index contributed by atoms with van der Waals surface area (Å²) in [4.78, 5) is 0. The quantitative estimate of drug-likeness (QED) is 0.135. The molecule has 0 saturated carbocycles. The monoisotopic (exact) mass is 682 g/mol. The van der Waals surface area contributed by atoms with Crippen molar-refractivity contribution in [2.24, 2.45) is 0 Å². The van der Waals surface area contributed by atoms with E-state index in [0.29, 0.717) is 0 Å². The second kappa shape index (κ2) is 19.2. The first-order valence-electron chi connectivity index (χ1n) is 12.1. The van der Waals surface area contributed by atoms with E-state index in [2.05, 4.69) is 170 Å². The van der Waals surface area contributed by atoms with Crippen LogP contribution in [0.15, 0.2) is 170 Å². The molecule has 0 aliphatic heterocycles. The van der Waals surface area contributed by atoms with Gasteiger partial charge in [-0.05, 0) is 10.6 Å². The van der Waals surface area contributed by atoms with Crippen molar-refractivity contribution in [1.29, 1.82) is 0 Å². The summed E-state index contributed by atoms with van der Waals surface area (Å²) in [6.07, 6.45) is 0. The number of halogens is 2. The Labute approximate surface area is 274 Å². The molecule has 40 heavy (non-hydrogen) atoms. The fraction of sp³-hybridized carbons (Fsp3) is 0. The van der Waals surface area contributed by atoms with Crippen molar-refractivity contribution >= 4 is 47.7 Å². The van der Waals surface area contributed by atoms with Gasteiger partial charge in [-0.25, -0.2) is 20.1 Å². The molecule has 0 nitrogen and oxygen atoms in total. The molecule has 0 aliphatic carbocycles. The van der Waals surface area contributed by atoms with Gasteiger partial charge < -0.3 is 54.4 Å². The molecule has 0 aliphatic rings. The third-order valence-corrected chi connectivity index (χ3v) is 10.8. The van der Waals surface area contributed by atoms with Crippen LogP contribution in [0.25, 0.3) is 0 Å². The van der Waals surface area contributed by atoms with Crippen molar-refractivity contribution in [2.45, 2.75) is 0 Å². The maximum Gasteiger partial charge on any atom is 2.00 e. The average Bonchev–Trinajstić information content (AvgIpc) is 3.68. The molecular formula is C34H28Cl2FeNiP2-6. The maximum atomic E-state index is 2.23. The van der Waals surface area contributed by atoms with E-state index in [1.165, 1.54) is 31.8 Å². The average molecular weight is 684 g/mol. The SMILES string of the molecule is [Cl-].[Cl-].[Fe].[Ni+2].c1ccc(P(c2ccccc2)[c-]2[cH-][cH-][cH-][cH-]2)cc1.c1ccc(P(c2ccccc2)[c-]2cccc2)cc1. The normalized spacial score (nSPS) is 9.65. The van der Waals surface area contributed by atoms with Crippen LogP contribution in [0.2, 0.25) is 0 Å². The van der Waals surface area contributed by atoms with Gasteiger partial charge in [-0.15, -0.1) is 5.30 Å². The largest absolute Gasteiger partial charge is 2.00 e. The van der Waals surface area contributed by atoms with Crippen LogP contribution in [0.1, 0.15) is 0 Å². The Hall–Kier alpha value is -1.97. The summed E-state index contributed by atoms with van der Waals surface area (Å²) in [7, 11) is -0.818. The van der Waals surface area contributed by atoms with Gasteiger partial charge in [0.1, 0.15) is 0 Å². The van der Waals surface area contributed by atoms with Gasteiger partial charge in [0.15, 0.2) is 0 Å². The molecule has 0 heterocycles. The Kier molecular flexibility index (Phi) is 17.3. The molecule has 0 N–H and O–H groups in total. The summed E-state index contributed by atoms with van der Waals surface area (Å²) < 4.78 is 0. The molecule has 0 atom stereocenters. The van der Waals surface area contributed by atoms with Crippen LogP contribution in [0, 0.1) is 0 Å². The fourth-order valence-electron chi connectivity index (χ4n) is 4.23. The minimum Gasteiger partial charge on any atom is -1.00 e. The van der Waals surface area contributed by atoms with Gasteiger partial charge in [-0.1, -0.05) is 140 Å². The predicted octanol–water partition coefficient (Wildman–Crippen LogP) is 0.330. The first kappa shape index (κ1) is 36.1. The van der Waals surface area contributed by atoms with E-state index < -0.39 is 15.8 Å². The van der Waals surface area contributed by atoms with E-state index in [-0.39, 0.29) is 58.4 Å². The number of hydrogen-bond donors (Lipinski definition) is 0. The Bertz CT molecular complexity index is 1220. The summed E-state index contributed by atoms with van der Waals surface area (Å²) in [5, 5.41) is 8.47. The van der Waals surface area contributed by atoms with Gasteiger partial charge in [-0.3, -0.25) is 0 Å². The second-order valence-electron chi connectivity index (χ2n) is 8.30. The standard InChI is InChI=1S/2C17H14P.2ClH.Fe.Ni/c2*1-3-9-15(10-4-1)18(17-13-7-8-14-17)16-11-5-2-6-12-16;;;;/h2*1-14H;2*1H;;/q-5;-1;;;;+2/p-2. The molecule has 0 aromatic heterocycles. The van der Waals surface area contributed by atoms with Crippen LogP contribution in [-0.4, -0.2) is 0 Å². The fourth-order valence-corrected chi connectivity index (χ4v) is 8.84. The van der Waals surface area contributed by atoms with Crippen LogP contribution >= 0.6 is 15.8 Å². The summed E-state index contributed by atoms with van der Waals surface area (Å²) in [6.45, 7) is 0. The molecule has 0 radical (unpaired) electrons. The van der Waals surface area contributed by atoms with Gasteiger partial charge in [-0.2, -0.15) is 12.1 Å². The maximum absolute atomic E-state index is 2.23. The zero-order valence-corrected chi connectivity index (χ0v) is 26.9. The van der Waals surface area contributed by atoms with Gasteiger partial charge in [0.05, 0.1) is 0 Å². The van der Waals surface area contributed by atoms with Crippen LogP contribution in [-0.2, 0) is 33.6 Å². The zero-order valence-electron chi connectivity index (χ0n) is 21.5. The first-order chi connectivity index (χ1) is 17.9. The van der Waals surface area contributed by atoms with Crippen LogP contribution in [0.3, 0.4) is 0 Å². The molecule has 212 valence electrons. The molecule has 0 spiro atoms. The Morgan fingerprint density at radius 3 is 1.05 bits per heavy atom. The molecule has 0 bridgehead atoms. The minimum absolute atomic E-state index is 0. The van der Waals surface area contributed by atoms with Crippen LogP contribution < -0.4 is 56.6 Å². The van der Waals surface area contributed by atoms with Gasteiger partial charge in [0, 0.05) is 17.1 Å². The summed E-state index contributed by atoms with van der Waals surface area (Å²) in [6, 6.07) is 60.5. The van der Waals surface area contributed by atoms with Crippen LogP contribution in [0.5, 0.6) is 0 Å². The van der Waals surface area contributed by atoms with Gasteiger partial charge >= 0.3 is 16.5 Å². The van der Waals surface area contributed by atoms with E-state index >= 15 is 0 Å². The Morgan fingerprint density at radius 2 is 0.725 bits per heavy atom. The van der Waals surface area contributed by atoms with E-state index in [0.717, 1.165) is 0 Å². The molecular weight excluding hydrogens is 656 g/mol. The van der Waals surface area contributed by atoms with Crippen molar-refractivity contribution < 1.29 is 58.4 Å². The third kappa shape index (κ3) is 9.55.